The molecule has 3 nitrogen and oxygen atoms in total. The SMILES string of the molecule is CC(C)(C)CS(=O)(=O)c1ncc(Br)c2ccccc12. The monoisotopic (exact) mass is 341 g/mol. The van der Waals surface area contributed by atoms with Crippen LogP contribution in [0.2, 0.25) is 0 Å². The number of nitrogens with zero attached hydrogens (tertiary/aromatic N) is 1. The maximum absolute atomic E-state index is 12.5. The fourth-order valence-electron chi connectivity index (χ4n) is 2.02. The van der Waals surface area contributed by atoms with Crippen LogP contribution in [0.1, 0.15) is 20.8 Å². The van der Waals surface area contributed by atoms with Crippen molar-refractivity contribution >= 4 is 36.5 Å². The second-order valence-electron chi connectivity index (χ2n) is 5.78. The van der Waals surface area contributed by atoms with Crippen molar-refractivity contribution < 1.29 is 8.42 Å². The third-order valence-corrected chi connectivity index (χ3v) is 5.42. The number of halogens is 1. The van der Waals surface area contributed by atoms with Crippen molar-refractivity contribution in [2.24, 2.45) is 5.41 Å². The van der Waals surface area contributed by atoms with Gasteiger partial charge in [-0.25, -0.2) is 13.4 Å². The summed E-state index contributed by atoms with van der Waals surface area (Å²) in [5.41, 5.74) is -0.297. The topological polar surface area (TPSA) is 47.0 Å². The molecule has 0 aliphatic rings. The first-order chi connectivity index (χ1) is 8.71. The van der Waals surface area contributed by atoms with Gasteiger partial charge in [0.1, 0.15) is 0 Å². The van der Waals surface area contributed by atoms with Crippen LogP contribution < -0.4 is 0 Å². The molecule has 19 heavy (non-hydrogen) atoms. The van der Waals surface area contributed by atoms with Gasteiger partial charge in [0.2, 0.25) is 0 Å². The van der Waals surface area contributed by atoms with E-state index >= 15 is 0 Å². The standard InChI is InChI=1S/C14H16BrNO2S/c1-14(2,3)9-19(17,18)13-11-7-5-4-6-10(11)12(15)8-16-13/h4-8H,9H2,1-3H3. The Morgan fingerprint density at radius 3 is 2.32 bits per heavy atom. The van der Waals surface area contributed by atoms with Crippen LogP contribution in [0.4, 0.5) is 0 Å². The molecule has 0 saturated heterocycles. The van der Waals surface area contributed by atoms with Crippen LogP contribution in [-0.4, -0.2) is 19.2 Å². The zero-order chi connectivity index (χ0) is 14.3. The average Bonchev–Trinajstić information content (AvgIpc) is 2.26. The van der Waals surface area contributed by atoms with Crippen LogP contribution in [0.5, 0.6) is 0 Å². The van der Waals surface area contributed by atoms with Gasteiger partial charge < -0.3 is 0 Å². The quantitative estimate of drug-likeness (QED) is 0.834. The largest absolute Gasteiger partial charge is 0.243 e. The lowest BCUT2D eigenvalue weighted by molar-refractivity contribution is 0.461. The maximum atomic E-state index is 12.5. The summed E-state index contributed by atoms with van der Waals surface area (Å²) in [4.78, 5) is 4.13. The van der Waals surface area contributed by atoms with Gasteiger partial charge in [-0.15, -0.1) is 0 Å². The first kappa shape index (κ1) is 14.5. The minimum Gasteiger partial charge on any atom is -0.243 e. The van der Waals surface area contributed by atoms with Gasteiger partial charge >= 0.3 is 0 Å². The molecule has 0 spiro atoms. The Morgan fingerprint density at radius 2 is 1.74 bits per heavy atom. The van der Waals surface area contributed by atoms with Crippen molar-refractivity contribution in [3.8, 4) is 0 Å². The summed E-state index contributed by atoms with van der Waals surface area (Å²) in [6.45, 7) is 5.72. The molecule has 2 aromatic rings. The van der Waals surface area contributed by atoms with E-state index < -0.39 is 9.84 Å². The fraction of sp³-hybridized carbons (Fsp3) is 0.357. The molecule has 0 amide bonds. The molecule has 1 aromatic carbocycles. The van der Waals surface area contributed by atoms with Gasteiger partial charge in [0.25, 0.3) is 0 Å². The van der Waals surface area contributed by atoms with Crippen LogP contribution in [0.25, 0.3) is 10.8 Å². The molecular formula is C14H16BrNO2S. The van der Waals surface area contributed by atoms with Gasteiger partial charge in [-0.2, -0.15) is 0 Å². The van der Waals surface area contributed by atoms with Crippen LogP contribution in [-0.2, 0) is 9.84 Å². The van der Waals surface area contributed by atoms with Crippen molar-refractivity contribution in [1.82, 2.24) is 4.98 Å². The molecule has 102 valence electrons. The number of benzene rings is 1. The average molecular weight is 342 g/mol. The summed E-state index contributed by atoms with van der Waals surface area (Å²) in [7, 11) is -3.39. The molecule has 0 radical (unpaired) electrons. The summed E-state index contributed by atoms with van der Waals surface area (Å²) in [5.74, 6) is 0.0820. The van der Waals surface area contributed by atoms with Gasteiger partial charge in [-0.1, -0.05) is 45.0 Å². The smallest absolute Gasteiger partial charge is 0.196 e. The van der Waals surface area contributed by atoms with Crippen LogP contribution in [0.15, 0.2) is 40.0 Å². The van der Waals surface area contributed by atoms with E-state index in [1.54, 1.807) is 12.3 Å². The number of aromatic nitrogens is 1. The Labute approximate surface area is 122 Å². The summed E-state index contributed by atoms with van der Waals surface area (Å²) in [6.07, 6.45) is 1.55. The Balaban J connectivity index is 2.67. The van der Waals surface area contributed by atoms with Crippen LogP contribution >= 0.6 is 15.9 Å². The van der Waals surface area contributed by atoms with E-state index in [0.29, 0.717) is 5.39 Å². The molecule has 0 bridgehead atoms. The highest BCUT2D eigenvalue weighted by Crippen LogP contribution is 2.30. The molecule has 0 unspecified atom stereocenters. The third kappa shape index (κ3) is 3.15. The number of pyridine rings is 1. The van der Waals surface area contributed by atoms with Gasteiger partial charge in [-0.05, 0) is 21.3 Å². The normalized spacial score (nSPS) is 12.8. The Bertz CT molecular complexity index is 718. The molecule has 0 fully saturated rings. The molecule has 0 atom stereocenters. The number of hydrogen-bond donors (Lipinski definition) is 0. The van der Waals surface area contributed by atoms with E-state index in [-0.39, 0.29) is 16.2 Å². The van der Waals surface area contributed by atoms with E-state index in [4.69, 9.17) is 0 Å². The second-order valence-corrected chi connectivity index (χ2v) is 8.54. The third-order valence-electron chi connectivity index (χ3n) is 2.63. The lowest BCUT2D eigenvalue weighted by atomic mass is 10.0. The Morgan fingerprint density at radius 1 is 1.16 bits per heavy atom. The lowest BCUT2D eigenvalue weighted by Gasteiger charge is -2.18. The van der Waals surface area contributed by atoms with Crippen molar-refractivity contribution in [3.63, 3.8) is 0 Å². The van der Waals surface area contributed by atoms with Crippen LogP contribution in [0.3, 0.4) is 0 Å². The molecular weight excluding hydrogens is 326 g/mol. The highest BCUT2D eigenvalue weighted by atomic mass is 79.9. The molecule has 1 aromatic heterocycles. The number of fused-ring (bicyclic) bond motifs is 1. The minimum absolute atomic E-state index is 0.0820. The summed E-state index contributed by atoms with van der Waals surface area (Å²) in [5, 5.41) is 1.70. The number of hydrogen-bond acceptors (Lipinski definition) is 3. The van der Waals surface area contributed by atoms with E-state index in [2.05, 4.69) is 20.9 Å². The molecule has 0 aliphatic carbocycles. The zero-order valence-corrected chi connectivity index (χ0v) is 13.5. The van der Waals surface area contributed by atoms with Gasteiger partial charge in [0, 0.05) is 21.4 Å². The first-order valence-electron chi connectivity index (χ1n) is 5.97. The zero-order valence-electron chi connectivity index (χ0n) is 11.1. The Hall–Kier alpha value is -0.940. The molecule has 5 heteroatoms. The number of rotatable bonds is 2. The lowest BCUT2D eigenvalue weighted by Crippen LogP contribution is -2.21. The highest BCUT2D eigenvalue weighted by Gasteiger charge is 2.26. The summed E-state index contributed by atoms with van der Waals surface area (Å²) in [6, 6.07) is 7.39. The van der Waals surface area contributed by atoms with Gasteiger partial charge in [0.05, 0.1) is 5.75 Å². The van der Waals surface area contributed by atoms with E-state index in [0.717, 1.165) is 9.86 Å². The van der Waals surface area contributed by atoms with Crippen molar-refractivity contribution in [1.29, 1.82) is 0 Å². The summed E-state index contributed by atoms with van der Waals surface area (Å²) < 4.78 is 25.8. The van der Waals surface area contributed by atoms with Crippen molar-refractivity contribution in [3.05, 3.63) is 34.9 Å². The second kappa shape index (κ2) is 4.87. The summed E-state index contributed by atoms with van der Waals surface area (Å²) >= 11 is 3.40. The van der Waals surface area contributed by atoms with Gasteiger partial charge in [-0.3, -0.25) is 0 Å². The highest BCUT2D eigenvalue weighted by molar-refractivity contribution is 9.10. The van der Waals surface area contributed by atoms with Crippen molar-refractivity contribution in [2.75, 3.05) is 5.75 Å². The molecule has 0 N–H and O–H groups in total. The molecule has 2 rings (SSSR count). The Kier molecular flexibility index (Phi) is 3.71. The van der Waals surface area contributed by atoms with E-state index in [1.807, 2.05) is 39.0 Å². The van der Waals surface area contributed by atoms with E-state index in [1.165, 1.54) is 0 Å². The van der Waals surface area contributed by atoms with Crippen LogP contribution in [0, 0.1) is 5.41 Å². The predicted molar refractivity (Wildman–Crippen MR) is 81.0 cm³/mol. The number of sulfone groups is 1. The minimum atomic E-state index is -3.39. The maximum Gasteiger partial charge on any atom is 0.196 e. The molecule has 0 saturated carbocycles. The van der Waals surface area contributed by atoms with E-state index in [9.17, 15) is 8.42 Å². The van der Waals surface area contributed by atoms with Crippen molar-refractivity contribution in [2.45, 2.75) is 25.8 Å². The first-order valence-corrected chi connectivity index (χ1v) is 8.41. The fourth-order valence-corrected chi connectivity index (χ4v) is 4.47. The predicted octanol–water partition coefficient (Wildman–Crippen LogP) is 3.82. The molecule has 1 heterocycles. The van der Waals surface area contributed by atoms with Gasteiger partial charge in [0.15, 0.2) is 14.9 Å². The molecule has 0 aliphatic heterocycles.